The third-order valence-electron chi connectivity index (χ3n) is 1.88. The first-order chi connectivity index (χ1) is 7.75. The minimum Gasteiger partial charge on any atom is -0.291 e. The maximum Gasteiger partial charge on any atom is 0.255 e. The van der Waals surface area contributed by atoms with Crippen LogP contribution in [0.4, 0.5) is 5.95 Å². The summed E-state index contributed by atoms with van der Waals surface area (Å²) >= 11 is 1.58. The lowest BCUT2D eigenvalue weighted by atomic mass is 10.4. The van der Waals surface area contributed by atoms with Gasteiger partial charge in [0, 0.05) is 16.6 Å². The smallest absolute Gasteiger partial charge is 0.255 e. The van der Waals surface area contributed by atoms with E-state index >= 15 is 0 Å². The zero-order valence-electron chi connectivity index (χ0n) is 8.60. The number of rotatable bonds is 3. The van der Waals surface area contributed by atoms with Crippen LogP contribution in [0.5, 0.6) is 0 Å². The molecule has 0 aliphatic heterocycles. The molecule has 0 saturated heterocycles. The Morgan fingerprint density at radius 3 is 3.19 bits per heavy atom. The lowest BCUT2D eigenvalue weighted by molar-refractivity contribution is 1.05. The number of aromatic nitrogens is 2. The predicted octanol–water partition coefficient (Wildman–Crippen LogP) is 1.59. The molecule has 2 aromatic heterocycles. The Balaban J connectivity index is 2.05. The van der Waals surface area contributed by atoms with Gasteiger partial charge in [-0.2, -0.15) is 5.10 Å². The van der Waals surface area contributed by atoms with Gasteiger partial charge < -0.3 is 0 Å². The number of hydrogen-bond acceptors (Lipinski definition) is 5. The topological polar surface area (TPSA) is 70.1 Å². The highest BCUT2D eigenvalue weighted by molar-refractivity contribution is 7.11. The Labute approximate surface area is 95.9 Å². The molecule has 2 heterocycles. The normalized spacial score (nSPS) is 10.8. The highest BCUT2D eigenvalue weighted by Gasteiger charge is 1.95. The van der Waals surface area contributed by atoms with Gasteiger partial charge in [0.1, 0.15) is 0 Å². The van der Waals surface area contributed by atoms with Crippen molar-refractivity contribution in [3.05, 3.63) is 44.5 Å². The van der Waals surface area contributed by atoms with Crippen LogP contribution in [0.25, 0.3) is 0 Å². The average Bonchev–Trinajstić information content (AvgIpc) is 2.76. The maximum absolute atomic E-state index is 11.2. The maximum atomic E-state index is 11.2. The first kappa shape index (κ1) is 10.6. The van der Waals surface area contributed by atoms with Crippen LogP contribution in [0.2, 0.25) is 0 Å². The van der Waals surface area contributed by atoms with Crippen LogP contribution in [-0.4, -0.2) is 16.2 Å². The fourth-order valence-electron chi connectivity index (χ4n) is 1.04. The van der Waals surface area contributed by atoms with E-state index in [0.29, 0.717) is 11.5 Å². The van der Waals surface area contributed by atoms with Gasteiger partial charge in [-0.15, -0.1) is 11.3 Å². The summed E-state index contributed by atoms with van der Waals surface area (Å²) in [5.41, 5.74) is 3.07. The highest BCUT2D eigenvalue weighted by atomic mass is 32.1. The Bertz CT molecular complexity index is 544. The van der Waals surface area contributed by atoms with Gasteiger partial charge in [0.15, 0.2) is 0 Å². The second kappa shape index (κ2) is 4.71. The summed E-state index contributed by atoms with van der Waals surface area (Å²) in [4.78, 5) is 18.8. The molecule has 0 amide bonds. The monoisotopic (exact) mass is 234 g/mol. The first-order valence-electron chi connectivity index (χ1n) is 4.64. The number of anilines is 1. The van der Waals surface area contributed by atoms with Gasteiger partial charge in [0.05, 0.1) is 6.21 Å². The molecule has 0 unspecified atom stereocenters. The molecule has 2 aromatic rings. The van der Waals surface area contributed by atoms with Crippen molar-refractivity contribution in [3.8, 4) is 0 Å². The van der Waals surface area contributed by atoms with E-state index in [2.05, 4.69) is 20.5 Å². The lowest BCUT2D eigenvalue weighted by Crippen LogP contribution is -2.12. The third-order valence-corrected chi connectivity index (χ3v) is 2.69. The molecule has 16 heavy (non-hydrogen) atoms. The largest absolute Gasteiger partial charge is 0.291 e. The van der Waals surface area contributed by atoms with Crippen LogP contribution < -0.4 is 11.0 Å². The van der Waals surface area contributed by atoms with E-state index in [4.69, 9.17) is 0 Å². The van der Waals surface area contributed by atoms with E-state index < -0.39 is 0 Å². The van der Waals surface area contributed by atoms with Crippen molar-refractivity contribution in [2.45, 2.75) is 6.92 Å². The summed E-state index contributed by atoms with van der Waals surface area (Å²) in [7, 11) is 0. The van der Waals surface area contributed by atoms with E-state index in [-0.39, 0.29) is 5.56 Å². The lowest BCUT2D eigenvalue weighted by Gasteiger charge is -1.98. The van der Waals surface area contributed by atoms with Crippen molar-refractivity contribution in [1.82, 2.24) is 9.97 Å². The number of nitrogens with zero attached hydrogens (tertiary/aromatic N) is 2. The molecule has 5 nitrogen and oxygen atoms in total. The average molecular weight is 234 g/mol. The molecule has 0 saturated carbocycles. The second-order valence-electron chi connectivity index (χ2n) is 3.13. The number of hydrogen-bond donors (Lipinski definition) is 2. The Kier molecular flexibility index (Phi) is 3.11. The van der Waals surface area contributed by atoms with Gasteiger partial charge in [0.2, 0.25) is 5.95 Å². The van der Waals surface area contributed by atoms with Crippen molar-refractivity contribution in [2.24, 2.45) is 5.10 Å². The SMILES string of the molecule is Cc1cnc(N/N=C/c2cccs2)[nH]c1=O. The molecule has 0 aliphatic rings. The predicted molar refractivity (Wildman–Crippen MR) is 65.1 cm³/mol. The third kappa shape index (κ3) is 2.54. The van der Waals surface area contributed by atoms with Gasteiger partial charge in [-0.1, -0.05) is 6.07 Å². The number of nitrogens with one attached hydrogen (secondary N) is 2. The Morgan fingerprint density at radius 2 is 2.50 bits per heavy atom. The van der Waals surface area contributed by atoms with E-state index in [1.807, 2.05) is 17.5 Å². The Hall–Kier alpha value is -1.95. The fraction of sp³-hybridized carbons (Fsp3) is 0.100. The minimum absolute atomic E-state index is 0.163. The molecule has 0 bridgehead atoms. The number of thiophene rings is 1. The standard InChI is InChI=1S/C10H10N4OS/c1-7-5-11-10(13-9(7)15)14-12-6-8-3-2-4-16-8/h2-6H,1H3,(H2,11,13,14,15)/b12-6+. The summed E-state index contributed by atoms with van der Waals surface area (Å²) < 4.78 is 0. The Morgan fingerprint density at radius 1 is 1.62 bits per heavy atom. The molecular formula is C10H10N4OS. The summed E-state index contributed by atoms with van der Waals surface area (Å²) in [6.07, 6.45) is 3.17. The highest BCUT2D eigenvalue weighted by Crippen LogP contribution is 2.04. The van der Waals surface area contributed by atoms with E-state index in [1.165, 1.54) is 6.20 Å². The van der Waals surface area contributed by atoms with Crippen molar-refractivity contribution in [1.29, 1.82) is 0 Å². The van der Waals surface area contributed by atoms with Gasteiger partial charge >= 0.3 is 0 Å². The zero-order chi connectivity index (χ0) is 11.4. The van der Waals surface area contributed by atoms with Crippen molar-refractivity contribution in [3.63, 3.8) is 0 Å². The van der Waals surface area contributed by atoms with Gasteiger partial charge in [-0.25, -0.2) is 10.4 Å². The second-order valence-corrected chi connectivity index (χ2v) is 4.11. The van der Waals surface area contributed by atoms with Crippen molar-refractivity contribution < 1.29 is 0 Å². The van der Waals surface area contributed by atoms with Crippen molar-refractivity contribution in [2.75, 3.05) is 5.43 Å². The molecule has 0 radical (unpaired) electrons. The minimum atomic E-state index is -0.163. The van der Waals surface area contributed by atoms with Crippen molar-refractivity contribution >= 4 is 23.5 Å². The molecule has 0 atom stereocenters. The molecule has 82 valence electrons. The number of H-pyrrole nitrogens is 1. The molecule has 0 aliphatic carbocycles. The molecule has 0 aromatic carbocycles. The van der Waals surface area contributed by atoms with E-state index in [9.17, 15) is 4.79 Å². The molecule has 0 spiro atoms. The molecular weight excluding hydrogens is 224 g/mol. The quantitative estimate of drug-likeness (QED) is 0.625. The van der Waals surface area contributed by atoms with Crippen LogP contribution in [-0.2, 0) is 0 Å². The van der Waals surface area contributed by atoms with Gasteiger partial charge in [-0.05, 0) is 18.4 Å². The number of aryl methyl sites for hydroxylation is 1. The van der Waals surface area contributed by atoms with E-state index in [0.717, 1.165) is 4.88 Å². The van der Waals surface area contributed by atoms with Gasteiger partial charge in [0.25, 0.3) is 5.56 Å². The van der Waals surface area contributed by atoms with Crippen LogP contribution in [0.3, 0.4) is 0 Å². The number of hydrazone groups is 1. The molecule has 2 N–H and O–H groups in total. The van der Waals surface area contributed by atoms with Crippen LogP contribution in [0, 0.1) is 6.92 Å². The summed E-state index contributed by atoms with van der Waals surface area (Å²) in [5.74, 6) is 0.336. The summed E-state index contributed by atoms with van der Waals surface area (Å²) in [6.45, 7) is 1.70. The summed E-state index contributed by atoms with van der Waals surface area (Å²) in [6, 6.07) is 3.89. The van der Waals surface area contributed by atoms with E-state index in [1.54, 1.807) is 24.5 Å². The van der Waals surface area contributed by atoms with Crippen LogP contribution >= 0.6 is 11.3 Å². The van der Waals surface area contributed by atoms with Crippen LogP contribution in [0.1, 0.15) is 10.4 Å². The fourth-order valence-corrected chi connectivity index (χ4v) is 1.62. The van der Waals surface area contributed by atoms with Crippen LogP contribution in [0.15, 0.2) is 33.6 Å². The summed E-state index contributed by atoms with van der Waals surface area (Å²) in [5, 5.41) is 5.92. The van der Waals surface area contributed by atoms with Gasteiger partial charge in [-0.3, -0.25) is 9.78 Å². The molecule has 0 fully saturated rings. The molecule has 2 rings (SSSR count). The molecule has 6 heteroatoms. The number of aromatic amines is 1. The zero-order valence-corrected chi connectivity index (χ0v) is 9.41. The first-order valence-corrected chi connectivity index (χ1v) is 5.52.